The lowest BCUT2D eigenvalue weighted by Gasteiger charge is -2.19. The molecule has 0 atom stereocenters. The molecule has 1 aromatic carbocycles. The van der Waals surface area contributed by atoms with Crippen LogP contribution in [-0.4, -0.2) is 28.6 Å². The molecule has 0 saturated heterocycles. The minimum atomic E-state index is -1.40. The van der Waals surface area contributed by atoms with Crippen molar-refractivity contribution in [1.29, 1.82) is 0 Å². The Hall–Kier alpha value is -1.56. The standard InChI is InChI=1S/C14H18BNO3/c1-2-16(11-14-4-3-9-19-14)10-12-5-7-13(8-6-12)15(17)18/h3-9,17-18H,2,10-11H2,1H3. The van der Waals surface area contributed by atoms with Crippen molar-refractivity contribution in [3.8, 4) is 0 Å². The summed E-state index contributed by atoms with van der Waals surface area (Å²) in [6.07, 6.45) is 1.68. The minimum absolute atomic E-state index is 0.512. The summed E-state index contributed by atoms with van der Waals surface area (Å²) >= 11 is 0. The van der Waals surface area contributed by atoms with E-state index in [1.54, 1.807) is 18.4 Å². The summed E-state index contributed by atoms with van der Waals surface area (Å²) in [6.45, 7) is 4.60. The first-order valence-electron chi connectivity index (χ1n) is 6.38. The van der Waals surface area contributed by atoms with Gasteiger partial charge in [0, 0.05) is 6.54 Å². The maximum absolute atomic E-state index is 9.05. The molecular weight excluding hydrogens is 241 g/mol. The molecule has 0 saturated carbocycles. The molecular formula is C14H18BNO3. The van der Waals surface area contributed by atoms with E-state index in [0.29, 0.717) is 5.46 Å². The average molecular weight is 259 g/mol. The van der Waals surface area contributed by atoms with Gasteiger partial charge in [-0.15, -0.1) is 0 Å². The van der Waals surface area contributed by atoms with Crippen molar-refractivity contribution >= 4 is 12.6 Å². The molecule has 0 unspecified atom stereocenters. The fourth-order valence-electron chi connectivity index (χ4n) is 1.96. The topological polar surface area (TPSA) is 56.8 Å². The highest BCUT2D eigenvalue weighted by Gasteiger charge is 2.11. The summed E-state index contributed by atoms with van der Waals surface area (Å²) in [7, 11) is -1.40. The van der Waals surface area contributed by atoms with Crippen LogP contribution in [-0.2, 0) is 13.1 Å². The Kier molecular flexibility index (Phi) is 4.79. The Balaban J connectivity index is 1.97. The molecule has 0 radical (unpaired) electrons. The van der Waals surface area contributed by atoms with Crippen LogP contribution in [0.2, 0.25) is 0 Å². The highest BCUT2D eigenvalue weighted by molar-refractivity contribution is 6.58. The van der Waals surface area contributed by atoms with E-state index in [1.165, 1.54) is 0 Å². The minimum Gasteiger partial charge on any atom is -0.468 e. The first kappa shape index (κ1) is 13.9. The molecule has 0 spiro atoms. The van der Waals surface area contributed by atoms with Gasteiger partial charge in [-0.25, -0.2) is 0 Å². The van der Waals surface area contributed by atoms with Crippen LogP contribution in [0.15, 0.2) is 47.1 Å². The number of furan rings is 1. The van der Waals surface area contributed by atoms with Gasteiger partial charge in [0.25, 0.3) is 0 Å². The number of nitrogens with zero attached hydrogens (tertiary/aromatic N) is 1. The molecule has 0 fully saturated rings. The van der Waals surface area contributed by atoms with Crippen LogP contribution < -0.4 is 5.46 Å². The largest absolute Gasteiger partial charge is 0.488 e. The van der Waals surface area contributed by atoms with Crippen LogP contribution in [0, 0.1) is 0 Å². The molecule has 1 aromatic heterocycles. The van der Waals surface area contributed by atoms with Gasteiger partial charge in [-0.1, -0.05) is 31.2 Å². The van der Waals surface area contributed by atoms with Crippen LogP contribution in [0.25, 0.3) is 0 Å². The summed E-state index contributed by atoms with van der Waals surface area (Å²) in [5.74, 6) is 0.948. The van der Waals surface area contributed by atoms with E-state index in [2.05, 4.69) is 11.8 Å². The quantitative estimate of drug-likeness (QED) is 0.759. The van der Waals surface area contributed by atoms with Crippen molar-refractivity contribution in [3.63, 3.8) is 0 Å². The second kappa shape index (κ2) is 6.56. The van der Waals surface area contributed by atoms with Crippen LogP contribution in [0.4, 0.5) is 0 Å². The smallest absolute Gasteiger partial charge is 0.468 e. The second-order valence-corrected chi connectivity index (χ2v) is 4.50. The van der Waals surface area contributed by atoms with Crippen molar-refractivity contribution in [1.82, 2.24) is 4.90 Å². The molecule has 0 aliphatic rings. The highest BCUT2D eigenvalue weighted by atomic mass is 16.4. The van der Waals surface area contributed by atoms with Gasteiger partial charge in [0.05, 0.1) is 12.8 Å². The second-order valence-electron chi connectivity index (χ2n) is 4.50. The van der Waals surface area contributed by atoms with Gasteiger partial charge in [-0.3, -0.25) is 4.90 Å². The SMILES string of the molecule is CCN(Cc1ccc(B(O)O)cc1)Cc1ccco1. The number of rotatable bonds is 6. The summed E-state index contributed by atoms with van der Waals surface area (Å²) in [4.78, 5) is 2.25. The molecule has 100 valence electrons. The van der Waals surface area contributed by atoms with Crippen molar-refractivity contribution in [2.45, 2.75) is 20.0 Å². The van der Waals surface area contributed by atoms with E-state index in [9.17, 15) is 0 Å². The molecule has 1 heterocycles. The Labute approximate surface area is 113 Å². The van der Waals surface area contributed by atoms with Crippen LogP contribution in [0.1, 0.15) is 18.2 Å². The summed E-state index contributed by atoms with van der Waals surface area (Å²) in [6, 6.07) is 11.2. The third-order valence-electron chi connectivity index (χ3n) is 3.09. The van der Waals surface area contributed by atoms with Crippen LogP contribution >= 0.6 is 0 Å². The average Bonchev–Trinajstić information content (AvgIpc) is 2.91. The van der Waals surface area contributed by atoms with E-state index in [-0.39, 0.29) is 0 Å². The maximum atomic E-state index is 9.05. The van der Waals surface area contributed by atoms with Crippen LogP contribution in [0.3, 0.4) is 0 Å². The number of hydrogen-bond donors (Lipinski definition) is 2. The lowest BCUT2D eigenvalue weighted by atomic mass is 9.80. The van der Waals surface area contributed by atoms with Gasteiger partial charge in [0.2, 0.25) is 0 Å². The molecule has 0 aliphatic carbocycles. The van der Waals surface area contributed by atoms with Gasteiger partial charge < -0.3 is 14.5 Å². The number of hydrogen-bond acceptors (Lipinski definition) is 4. The lowest BCUT2D eigenvalue weighted by molar-refractivity contribution is 0.248. The maximum Gasteiger partial charge on any atom is 0.488 e. The lowest BCUT2D eigenvalue weighted by Crippen LogP contribution is -2.29. The van der Waals surface area contributed by atoms with Crippen molar-refractivity contribution in [2.75, 3.05) is 6.54 Å². The van der Waals surface area contributed by atoms with Crippen molar-refractivity contribution < 1.29 is 14.5 Å². The Morgan fingerprint density at radius 1 is 1.11 bits per heavy atom. The third kappa shape index (κ3) is 3.96. The zero-order valence-electron chi connectivity index (χ0n) is 11.0. The summed E-state index contributed by atoms with van der Waals surface area (Å²) in [5, 5.41) is 18.1. The van der Waals surface area contributed by atoms with Gasteiger partial charge in [-0.05, 0) is 29.7 Å². The zero-order chi connectivity index (χ0) is 13.7. The Morgan fingerprint density at radius 3 is 2.37 bits per heavy atom. The van der Waals surface area contributed by atoms with Crippen LogP contribution in [0.5, 0.6) is 0 Å². The third-order valence-corrected chi connectivity index (χ3v) is 3.09. The van der Waals surface area contributed by atoms with E-state index in [0.717, 1.165) is 31.0 Å². The first-order valence-corrected chi connectivity index (χ1v) is 6.38. The van der Waals surface area contributed by atoms with E-state index in [1.807, 2.05) is 24.3 Å². The molecule has 2 aromatic rings. The molecule has 0 bridgehead atoms. The van der Waals surface area contributed by atoms with Crippen molar-refractivity contribution in [3.05, 3.63) is 54.0 Å². The van der Waals surface area contributed by atoms with E-state index >= 15 is 0 Å². The monoisotopic (exact) mass is 259 g/mol. The zero-order valence-corrected chi connectivity index (χ0v) is 11.0. The van der Waals surface area contributed by atoms with Gasteiger partial charge >= 0.3 is 7.12 Å². The molecule has 19 heavy (non-hydrogen) atoms. The predicted molar refractivity (Wildman–Crippen MR) is 74.8 cm³/mol. The Bertz CT molecular complexity index is 482. The predicted octanol–water partition coefficient (Wildman–Crippen LogP) is 0.982. The molecule has 0 amide bonds. The molecule has 2 N–H and O–H groups in total. The normalized spacial score (nSPS) is 10.9. The molecule has 4 nitrogen and oxygen atoms in total. The fourth-order valence-corrected chi connectivity index (χ4v) is 1.96. The van der Waals surface area contributed by atoms with Gasteiger partial charge in [0.15, 0.2) is 0 Å². The summed E-state index contributed by atoms with van der Waals surface area (Å²) < 4.78 is 5.35. The summed E-state index contributed by atoms with van der Waals surface area (Å²) in [5.41, 5.74) is 1.65. The van der Waals surface area contributed by atoms with Gasteiger partial charge in [0.1, 0.15) is 5.76 Å². The highest BCUT2D eigenvalue weighted by Crippen LogP contribution is 2.09. The molecule has 5 heteroatoms. The van der Waals surface area contributed by atoms with Crippen molar-refractivity contribution in [2.24, 2.45) is 0 Å². The first-order chi connectivity index (χ1) is 9.19. The Morgan fingerprint density at radius 2 is 1.84 bits per heavy atom. The molecule has 2 rings (SSSR count). The van der Waals surface area contributed by atoms with Gasteiger partial charge in [-0.2, -0.15) is 0 Å². The van der Waals surface area contributed by atoms with E-state index < -0.39 is 7.12 Å². The number of benzene rings is 1. The van der Waals surface area contributed by atoms with E-state index in [4.69, 9.17) is 14.5 Å². The fraction of sp³-hybridized carbons (Fsp3) is 0.286. The molecule has 0 aliphatic heterocycles.